The van der Waals surface area contributed by atoms with Gasteiger partial charge in [-0.1, -0.05) is 45.0 Å². The zero-order valence-corrected chi connectivity index (χ0v) is 20.1. The summed E-state index contributed by atoms with van der Waals surface area (Å²) in [6.45, 7) is 11.0. The number of halogens is 1. The molecule has 1 aromatic carbocycles. The number of nitrogens with zero attached hydrogens (tertiary/aromatic N) is 2. The molecule has 2 atom stereocenters. The highest BCUT2D eigenvalue weighted by Gasteiger charge is 2.32. The zero-order chi connectivity index (χ0) is 19.3. The number of aliphatic imine (C=N–C) groups is 1. The van der Waals surface area contributed by atoms with Crippen molar-refractivity contribution in [3.8, 4) is 0 Å². The fraction of sp³-hybridized carbons (Fsp3) is 0.682. The highest BCUT2D eigenvalue weighted by Crippen LogP contribution is 2.22. The Hall–Kier alpha value is -0.860. The topological polar surface area (TPSA) is 46.1 Å². The molecular weight excluding hydrogens is 465 g/mol. The summed E-state index contributed by atoms with van der Waals surface area (Å²) in [7, 11) is 1.86. The molecule has 2 fully saturated rings. The summed E-state index contributed by atoms with van der Waals surface area (Å²) in [6, 6.07) is 8.98. The molecule has 6 heteroatoms. The minimum atomic E-state index is 0. The van der Waals surface area contributed by atoms with Gasteiger partial charge in [-0.15, -0.1) is 24.0 Å². The molecule has 1 N–H and O–H groups in total. The van der Waals surface area contributed by atoms with E-state index >= 15 is 0 Å². The summed E-state index contributed by atoms with van der Waals surface area (Å²) >= 11 is 0. The fourth-order valence-electron chi connectivity index (χ4n) is 3.81. The van der Waals surface area contributed by atoms with E-state index in [9.17, 15) is 0 Å². The fourth-order valence-corrected chi connectivity index (χ4v) is 3.81. The minimum Gasteiger partial charge on any atom is -0.375 e. The molecule has 0 saturated carbocycles. The Bertz CT molecular complexity index is 622. The maximum atomic E-state index is 5.95. The van der Waals surface area contributed by atoms with Crippen LogP contribution in [0.15, 0.2) is 29.3 Å². The third kappa shape index (κ3) is 6.32. The molecule has 158 valence electrons. The Balaban J connectivity index is 0.00000280. The van der Waals surface area contributed by atoms with Gasteiger partial charge in [0, 0.05) is 33.3 Å². The molecule has 28 heavy (non-hydrogen) atoms. The lowest BCUT2D eigenvalue weighted by atomic mass is 9.86. The third-order valence-corrected chi connectivity index (χ3v) is 5.50. The molecule has 2 aliphatic rings. The second-order valence-corrected chi connectivity index (χ2v) is 8.58. The maximum Gasteiger partial charge on any atom is 0.193 e. The van der Waals surface area contributed by atoms with Crippen molar-refractivity contribution in [2.24, 2.45) is 4.99 Å². The van der Waals surface area contributed by atoms with Gasteiger partial charge in [0.2, 0.25) is 0 Å². The van der Waals surface area contributed by atoms with Gasteiger partial charge >= 0.3 is 0 Å². The van der Waals surface area contributed by atoms with Gasteiger partial charge in [0.25, 0.3) is 0 Å². The van der Waals surface area contributed by atoms with Crippen molar-refractivity contribution in [2.45, 2.75) is 57.7 Å². The lowest BCUT2D eigenvalue weighted by Crippen LogP contribution is -2.53. The first-order valence-electron chi connectivity index (χ1n) is 10.3. The van der Waals surface area contributed by atoms with Gasteiger partial charge in [-0.05, 0) is 35.8 Å². The number of hydrogen-bond donors (Lipinski definition) is 1. The van der Waals surface area contributed by atoms with Crippen molar-refractivity contribution >= 4 is 29.9 Å². The standard InChI is InChI=1S/C22H35N3O2.HI/c1-22(2,3)18-9-7-17(8-10-18)11-12-24-21(23-4)25-13-15-27-20(16-25)19-6-5-14-26-19;/h7-10,19-20H,5-6,11-16H2,1-4H3,(H,23,24);1H. The number of hydrogen-bond acceptors (Lipinski definition) is 3. The van der Waals surface area contributed by atoms with Gasteiger partial charge in [0.15, 0.2) is 5.96 Å². The predicted octanol–water partition coefficient (Wildman–Crippen LogP) is 3.60. The van der Waals surface area contributed by atoms with Gasteiger partial charge in [-0.2, -0.15) is 0 Å². The van der Waals surface area contributed by atoms with Crippen molar-refractivity contribution in [2.75, 3.05) is 39.9 Å². The van der Waals surface area contributed by atoms with E-state index in [0.717, 1.165) is 58.1 Å². The van der Waals surface area contributed by atoms with Crippen LogP contribution in [0.3, 0.4) is 0 Å². The van der Waals surface area contributed by atoms with Crippen LogP contribution in [0, 0.1) is 0 Å². The van der Waals surface area contributed by atoms with Crippen LogP contribution in [0.4, 0.5) is 0 Å². The van der Waals surface area contributed by atoms with Crippen molar-refractivity contribution in [3.63, 3.8) is 0 Å². The number of ether oxygens (including phenoxy) is 2. The molecule has 5 nitrogen and oxygen atoms in total. The SMILES string of the molecule is CN=C(NCCc1ccc(C(C)(C)C)cc1)N1CCOC(C2CCCO2)C1.I. The van der Waals surface area contributed by atoms with Crippen LogP contribution in [0.25, 0.3) is 0 Å². The van der Waals surface area contributed by atoms with Crippen LogP contribution in [-0.2, 0) is 21.3 Å². The lowest BCUT2D eigenvalue weighted by molar-refractivity contribution is -0.0816. The molecule has 2 aliphatic heterocycles. The molecule has 0 aliphatic carbocycles. The monoisotopic (exact) mass is 501 g/mol. The molecule has 2 saturated heterocycles. The van der Waals surface area contributed by atoms with Crippen LogP contribution < -0.4 is 5.32 Å². The highest BCUT2D eigenvalue weighted by atomic mass is 127. The molecular formula is C22H36IN3O2. The Morgan fingerprint density at radius 3 is 2.46 bits per heavy atom. The first-order chi connectivity index (χ1) is 13.0. The second kappa shape index (κ2) is 10.8. The Labute approximate surface area is 187 Å². The van der Waals surface area contributed by atoms with Crippen molar-refractivity contribution in [1.29, 1.82) is 0 Å². The number of benzene rings is 1. The number of morpholine rings is 1. The average molecular weight is 501 g/mol. The summed E-state index contributed by atoms with van der Waals surface area (Å²) in [6.07, 6.45) is 3.64. The average Bonchev–Trinajstić information content (AvgIpc) is 3.20. The van der Waals surface area contributed by atoms with E-state index in [1.54, 1.807) is 0 Å². The van der Waals surface area contributed by atoms with Gasteiger partial charge in [-0.25, -0.2) is 0 Å². The molecule has 0 spiro atoms. The second-order valence-electron chi connectivity index (χ2n) is 8.58. The van der Waals surface area contributed by atoms with E-state index in [1.165, 1.54) is 11.1 Å². The van der Waals surface area contributed by atoms with Crippen LogP contribution in [0.1, 0.15) is 44.7 Å². The largest absolute Gasteiger partial charge is 0.375 e. The molecule has 0 amide bonds. The quantitative estimate of drug-likeness (QED) is 0.389. The molecule has 3 rings (SSSR count). The highest BCUT2D eigenvalue weighted by molar-refractivity contribution is 14.0. The van der Waals surface area contributed by atoms with Gasteiger partial charge in [0.05, 0.1) is 12.7 Å². The van der Waals surface area contributed by atoms with Crippen molar-refractivity contribution < 1.29 is 9.47 Å². The van der Waals surface area contributed by atoms with Crippen molar-refractivity contribution in [3.05, 3.63) is 35.4 Å². The predicted molar refractivity (Wildman–Crippen MR) is 126 cm³/mol. The Morgan fingerprint density at radius 1 is 1.14 bits per heavy atom. The summed E-state index contributed by atoms with van der Waals surface area (Å²) < 4.78 is 11.8. The first kappa shape index (κ1) is 23.4. The Kier molecular flexibility index (Phi) is 9.02. The lowest BCUT2D eigenvalue weighted by Gasteiger charge is -2.37. The van der Waals surface area contributed by atoms with E-state index in [1.807, 2.05) is 7.05 Å². The maximum absolute atomic E-state index is 5.95. The van der Waals surface area contributed by atoms with Crippen LogP contribution in [0.2, 0.25) is 0 Å². The van der Waals surface area contributed by atoms with Crippen LogP contribution in [-0.4, -0.2) is 63.0 Å². The first-order valence-corrected chi connectivity index (χ1v) is 10.3. The normalized spacial score (nSPS) is 23.4. The number of guanidine groups is 1. The summed E-state index contributed by atoms with van der Waals surface area (Å²) in [5, 5.41) is 3.52. The van der Waals surface area contributed by atoms with Gasteiger partial charge in [0.1, 0.15) is 6.10 Å². The Morgan fingerprint density at radius 2 is 1.86 bits per heavy atom. The zero-order valence-electron chi connectivity index (χ0n) is 17.7. The van der Waals surface area contributed by atoms with E-state index in [0.29, 0.717) is 0 Å². The third-order valence-electron chi connectivity index (χ3n) is 5.50. The van der Waals surface area contributed by atoms with E-state index in [2.05, 4.69) is 60.2 Å². The summed E-state index contributed by atoms with van der Waals surface area (Å²) in [4.78, 5) is 6.79. The van der Waals surface area contributed by atoms with Crippen molar-refractivity contribution in [1.82, 2.24) is 10.2 Å². The summed E-state index contributed by atoms with van der Waals surface area (Å²) in [5.41, 5.74) is 2.93. The summed E-state index contributed by atoms with van der Waals surface area (Å²) in [5.74, 6) is 0.965. The van der Waals surface area contributed by atoms with E-state index in [-0.39, 0.29) is 41.6 Å². The smallest absolute Gasteiger partial charge is 0.193 e. The molecule has 0 aromatic heterocycles. The van der Waals surface area contributed by atoms with Crippen LogP contribution >= 0.6 is 24.0 Å². The number of nitrogens with one attached hydrogen (secondary N) is 1. The van der Waals surface area contributed by atoms with E-state index in [4.69, 9.17) is 9.47 Å². The van der Waals surface area contributed by atoms with Crippen LogP contribution in [0.5, 0.6) is 0 Å². The number of rotatable bonds is 4. The molecule has 1 aromatic rings. The molecule has 2 heterocycles. The molecule has 0 bridgehead atoms. The molecule has 2 unspecified atom stereocenters. The molecule has 0 radical (unpaired) electrons. The van der Waals surface area contributed by atoms with E-state index < -0.39 is 0 Å². The minimum absolute atomic E-state index is 0. The van der Waals surface area contributed by atoms with Gasteiger partial charge in [-0.3, -0.25) is 4.99 Å². The van der Waals surface area contributed by atoms with Gasteiger partial charge < -0.3 is 19.7 Å².